The van der Waals surface area contributed by atoms with Gasteiger partial charge in [0.25, 0.3) is 5.69 Å². The van der Waals surface area contributed by atoms with Crippen molar-refractivity contribution in [2.45, 2.75) is 33.2 Å². The minimum atomic E-state index is -0.574. The first-order chi connectivity index (χ1) is 8.81. The van der Waals surface area contributed by atoms with Gasteiger partial charge in [0.1, 0.15) is 0 Å². The molecule has 3 N–H and O–H groups in total. The average Bonchev–Trinajstić information content (AvgIpc) is 2.30. The van der Waals surface area contributed by atoms with E-state index in [0.717, 1.165) is 0 Å². The summed E-state index contributed by atoms with van der Waals surface area (Å²) in [4.78, 5) is 22.0. The molecule has 0 heterocycles. The van der Waals surface area contributed by atoms with E-state index in [1.165, 1.54) is 18.2 Å². The molecule has 0 fully saturated rings. The van der Waals surface area contributed by atoms with Gasteiger partial charge < -0.3 is 11.1 Å². The van der Waals surface area contributed by atoms with Gasteiger partial charge in [-0.15, -0.1) is 0 Å². The van der Waals surface area contributed by atoms with Crippen LogP contribution in [-0.2, 0) is 4.79 Å². The van der Waals surface area contributed by atoms with Gasteiger partial charge in [-0.1, -0.05) is 13.8 Å². The van der Waals surface area contributed by atoms with Crippen LogP contribution >= 0.6 is 0 Å². The molecular weight excluding hydrogens is 246 g/mol. The maximum Gasteiger partial charge on any atom is 0.269 e. The van der Waals surface area contributed by atoms with Gasteiger partial charge in [0, 0.05) is 17.8 Å². The fourth-order valence-electron chi connectivity index (χ4n) is 1.74. The van der Waals surface area contributed by atoms with Gasteiger partial charge in [-0.2, -0.15) is 0 Å². The molecule has 1 aromatic carbocycles. The average molecular weight is 265 g/mol. The lowest BCUT2D eigenvalue weighted by Crippen LogP contribution is -2.36. The lowest BCUT2D eigenvalue weighted by Gasteiger charge is -2.15. The Morgan fingerprint density at radius 2 is 2.11 bits per heavy atom. The van der Waals surface area contributed by atoms with Crippen LogP contribution in [0.25, 0.3) is 0 Å². The normalized spacial score (nSPS) is 12.3. The van der Waals surface area contributed by atoms with Crippen LogP contribution in [0.4, 0.5) is 11.4 Å². The molecule has 0 aromatic heterocycles. The standard InChI is InChI=1S/C13H19N3O3/c1-8(2)6-11(14)13(17)15-12-5-4-10(16(18)19)7-9(12)3/h4-5,7-8,11H,6,14H2,1-3H3,(H,15,17)/t11-/m1/s1. The number of nitro groups is 1. The molecule has 1 atom stereocenters. The second-order valence-corrected chi connectivity index (χ2v) is 4.98. The summed E-state index contributed by atoms with van der Waals surface area (Å²) in [6, 6.07) is 3.72. The van der Waals surface area contributed by atoms with Gasteiger partial charge in [0.15, 0.2) is 0 Å². The number of hydrogen-bond acceptors (Lipinski definition) is 4. The molecule has 19 heavy (non-hydrogen) atoms. The van der Waals surface area contributed by atoms with Gasteiger partial charge in [0.05, 0.1) is 11.0 Å². The molecule has 0 saturated carbocycles. The monoisotopic (exact) mass is 265 g/mol. The first-order valence-corrected chi connectivity index (χ1v) is 6.12. The minimum absolute atomic E-state index is 0.00183. The predicted molar refractivity (Wildman–Crippen MR) is 73.9 cm³/mol. The summed E-state index contributed by atoms with van der Waals surface area (Å²) >= 11 is 0. The molecule has 0 aliphatic heterocycles. The number of non-ortho nitro benzene ring substituents is 1. The highest BCUT2D eigenvalue weighted by Gasteiger charge is 2.16. The Bertz CT molecular complexity index is 486. The number of nitro benzene ring substituents is 1. The summed E-state index contributed by atoms with van der Waals surface area (Å²) in [5.41, 5.74) is 6.96. The highest BCUT2D eigenvalue weighted by Crippen LogP contribution is 2.21. The summed E-state index contributed by atoms with van der Waals surface area (Å²) in [5, 5.41) is 13.3. The zero-order chi connectivity index (χ0) is 14.6. The van der Waals surface area contributed by atoms with Gasteiger partial charge >= 0.3 is 0 Å². The van der Waals surface area contributed by atoms with E-state index < -0.39 is 11.0 Å². The molecule has 0 aliphatic rings. The van der Waals surface area contributed by atoms with E-state index in [1.807, 2.05) is 13.8 Å². The Morgan fingerprint density at radius 1 is 1.47 bits per heavy atom. The molecule has 1 rings (SSSR count). The number of nitrogens with zero attached hydrogens (tertiary/aromatic N) is 1. The van der Waals surface area contributed by atoms with Gasteiger partial charge in [-0.05, 0) is 30.9 Å². The van der Waals surface area contributed by atoms with Gasteiger partial charge in [0.2, 0.25) is 5.91 Å². The van der Waals surface area contributed by atoms with Crippen molar-refractivity contribution in [3.8, 4) is 0 Å². The van der Waals surface area contributed by atoms with Gasteiger partial charge in [-0.3, -0.25) is 14.9 Å². The number of nitrogens with two attached hydrogens (primary N) is 1. The van der Waals surface area contributed by atoms with Crippen molar-refractivity contribution in [2.75, 3.05) is 5.32 Å². The zero-order valence-electron chi connectivity index (χ0n) is 11.3. The molecule has 104 valence electrons. The molecule has 0 unspecified atom stereocenters. The number of rotatable bonds is 5. The van der Waals surface area contributed by atoms with Crippen molar-refractivity contribution < 1.29 is 9.72 Å². The summed E-state index contributed by atoms with van der Waals surface area (Å²) < 4.78 is 0. The highest BCUT2D eigenvalue weighted by atomic mass is 16.6. The largest absolute Gasteiger partial charge is 0.324 e. The number of carbonyl (C=O) groups is 1. The highest BCUT2D eigenvalue weighted by molar-refractivity contribution is 5.95. The number of amides is 1. The number of benzene rings is 1. The molecule has 0 spiro atoms. The lowest BCUT2D eigenvalue weighted by molar-refractivity contribution is -0.384. The Morgan fingerprint density at radius 3 is 2.58 bits per heavy atom. The second-order valence-electron chi connectivity index (χ2n) is 4.98. The predicted octanol–water partition coefficient (Wildman–Crippen LogP) is 2.22. The summed E-state index contributed by atoms with van der Waals surface area (Å²) in [6.45, 7) is 5.69. The van der Waals surface area contributed by atoms with Crippen molar-refractivity contribution in [2.24, 2.45) is 11.7 Å². The first-order valence-electron chi connectivity index (χ1n) is 6.12. The van der Waals surface area contributed by atoms with E-state index in [-0.39, 0.29) is 11.6 Å². The third-order valence-corrected chi connectivity index (χ3v) is 2.74. The lowest BCUT2D eigenvalue weighted by atomic mass is 10.0. The zero-order valence-corrected chi connectivity index (χ0v) is 11.3. The minimum Gasteiger partial charge on any atom is -0.324 e. The SMILES string of the molecule is Cc1cc([N+](=O)[O-])ccc1NC(=O)[C@H](N)CC(C)C. The van der Waals surface area contributed by atoms with E-state index in [0.29, 0.717) is 23.6 Å². The molecule has 0 radical (unpaired) electrons. The van der Waals surface area contributed by atoms with Crippen LogP contribution in [0.2, 0.25) is 0 Å². The van der Waals surface area contributed by atoms with Crippen LogP contribution in [0.3, 0.4) is 0 Å². The van der Waals surface area contributed by atoms with E-state index in [4.69, 9.17) is 5.73 Å². The van der Waals surface area contributed by atoms with Crippen LogP contribution in [0.1, 0.15) is 25.8 Å². The van der Waals surface area contributed by atoms with Crippen LogP contribution in [0.5, 0.6) is 0 Å². The number of carbonyl (C=O) groups excluding carboxylic acids is 1. The molecule has 1 aromatic rings. The maximum atomic E-state index is 11.8. The molecule has 0 aliphatic carbocycles. The third-order valence-electron chi connectivity index (χ3n) is 2.74. The van der Waals surface area contributed by atoms with Crippen molar-refractivity contribution in [1.29, 1.82) is 0 Å². The van der Waals surface area contributed by atoms with Crippen molar-refractivity contribution >= 4 is 17.3 Å². The molecule has 0 bridgehead atoms. The summed E-state index contributed by atoms with van der Waals surface area (Å²) in [7, 11) is 0. The summed E-state index contributed by atoms with van der Waals surface area (Å²) in [5.74, 6) is 0.0596. The van der Waals surface area contributed by atoms with E-state index in [9.17, 15) is 14.9 Å². The van der Waals surface area contributed by atoms with Crippen LogP contribution in [0, 0.1) is 23.0 Å². The Hall–Kier alpha value is -1.95. The quantitative estimate of drug-likeness (QED) is 0.630. The van der Waals surface area contributed by atoms with E-state index >= 15 is 0 Å². The number of nitrogens with one attached hydrogen (secondary N) is 1. The van der Waals surface area contributed by atoms with Crippen molar-refractivity contribution in [3.63, 3.8) is 0 Å². The number of aryl methyl sites for hydroxylation is 1. The Kier molecular flexibility index (Phi) is 5.00. The molecule has 6 nitrogen and oxygen atoms in total. The molecule has 6 heteroatoms. The third kappa shape index (κ3) is 4.33. The maximum absolute atomic E-state index is 11.8. The van der Waals surface area contributed by atoms with Crippen LogP contribution in [0.15, 0.2) is 18.2 Å². The first kappa shape index (κ1) is 15.1. The van der Waals surface area contributed by atoms with E-state index in [1.54, 1.807) is 6.92 Å². The fraction of sp³-hybridized carbons (Fsp3) is 0.462. The Balaban J connectivity index is 2.77. The van der Waals surface area contributed by atoms with Crippen LogP contribution < -0.4 is 11.1 Å². The van der Waals surface area contributed by atoms with Gasteiger partial charge in [-0.25, -0.2) is 0 Å². The Labute approximate surface area is 112 Å². The second kappa shape index (κ2) is 6.29. The van der Waals surface area contributed by atoms with Crippen molar-refractivity contribution in [3.05, 3.63) is 33.9 Å². The number of hydrogen-bond donors (Lipinski definition) is 2. The fourth-order valence-corrected chi connectivity index (χ4v) is 1.74. The van der Waals surface area contributed by atoms with Crippen LogP contribution in [-0.4, -0.2) is 16.9 Å². The molecule has 0 saturated heterocycles. The summed E-state index contributed by atoms with van der Waals surface area (Å²) in [6.07, 6.45) is 0.595. The molecular formula is C13H19N3O3. The number of anilines is 1. The van der Waals surface area contributed by atoms with E-state index in [2.05, 4.69) is 5.32 Å². The van der Waals surface area contributed by atoms with Crippen molar-refractivity contribution in [1.82, 2.24) is 0 Å². The topological polar surface area (TPSA) is 98.3 Å². The smallest absolute Gasteiger partial charge is 0.269 e. The molecule has 1 amide bonds.